The van der Waals surface area contributed by atoms with Crippen molar-refractivity contribution in [3.05, 3.63) is 140 Å². The molecule has 69 heavy (non-hydrogen) atoms. The summed E-state index contributed by atoms with van der Waals surface area (Å²) in [6.07, 6.45) is 0. The van der Waals surface area contributed by atoms with E-state index in [0.29, 0.717) is 49.9 Å². The number of benzene rings is 4. The van der Waals surface area contributed by atoms with Crippen LogP contribution >= 0.6 is 0 Å². The third-order valence-corrected chi connectivity index (χ3v) is 34.6. The van der Waals surface area contributed by atoms with Crippen LogP contribution in [0.1, 0.15) is 191 Å². The highest BCUT2D eigenvalue weighted by molar-refractivity contribution is 6.91. The summed E-state index contributed by atoms with van der Waals surface area (Å²) < 4.78 is 0. The first-order chi connectivity index (χ1) is 32.4. The van der Waals surface area contributed by atoms with E-state index in [1.165, 1.54) is 0 Å². The SMILES string of the molecule is Cc1c(C#Cc2ccc(C#C[Si](C(C)C)(C(C)C)C(C)C)cc2)c(C)c(C#Cc2ccc(C#C[Si](C(C)C)(C(C)C)C(C)C)cc2)c(C)c1C#Cc1ccc(C#C[Si](C(C)C)(C(C)C)C(C)C)cc1. The minimum Gasteiger partial charge on any atom is -0.125 e. The molecule has 0 radical (unpaired) electrons. The van der Waals surface area contributed by atoms with Crippen molar-refractivity contribution in [2.24, 2.45) is 0 Å². The molecule has 0 heterocycles. The molecule has 0 bridgehead atoms. The lowest BCUT2D eigenvalue weighted by molar-refractivity contribution is 0.838. The van der Waals surface area contributed by atoms with Crippen LogP contribution in [0, 0.1) is 90.7 Å². The Hall–Kier alpha value is -5.11. The topological polar surface area (TPSA) is 0 Å². The number of rotatable bonds is 9. The van der Waals surface area contributed by atoms with E-state index in [1.807, 2.05) is 0 Å². The first-order valence-electron chi connectivity index (χ1n) is 26.0. The smallest absolute Gasteiger partial charge is 0.125 e. The molecule has 0 spiro atoms. The molecule has 0 aliphatic heterocycles. The molecular formula is C66H84Si3. The zero-order valence-corrected chi connectivity index (χ0v) is 49.6. The van der Waals surface area contributed by atoms with Gasteiger partial charge >= 0.3 is 0 Å². The highest BCUT2D eigenvalue weighted by atomic mass is 28.3. The van der Waals surface area contributed by atoms with Gasteiger partial charge < -0.3 is 0 Å². The molecule has 360 valence electrons. The van der Waals surface area contributed by atoms with Crippen LogP contribution < -0.4 is 0 Å². The van der Waals surface area contributed by atoms with Crippen LogP contribution in [0.2, 0.25) is 49.9 Å². The predicted molar refractivity (Wildman–Crippen MR) is 312 cm³/mol. The van der Waals surface area contributed by atoms with E-state index in [2.05, 4.69) is 288 Å². The van der Waals surface area contributed by atoms with Crippen LogP contribution in [0.5, 0.6) is 0 Å². The monoisotopic (exact) mass is 961 g/mol. The molecule has 0 amide bonds. The highest BCUT2D eigenvalue weighted by Crippen LogP contribution is 2.43. The van der Waals surface area contributed by atoms with Crippen LogP contribution in [-0.2, 0) is 0 Å². The molecular weight excluding hydrogens is 877 g/mol. The lowest BCUT2D eigenvalue weighted by Gasteiger charge is -2.38. The van der Waals surface area contributed by atoms with E-state index in [4.69, 9.17) is 0 Å². The fourth-order valence-corrected chi connectivity index (χ4v) is 27.6. The quantitative estimate of drug-likeness (QED) is 0.116. The van der Waals surface area contributed by atoms with Gasteiger partial charge in [0.1, 0.15) is 24.2 Å². The van der Waals surface area contributed by atoms with Gasteiger partial charge in [-0.15, -0.1) is 16.6 Å². The van der Waals surface area contributed by atoms with Crippen molar-refractivity contribution in [2.75, 3.05) is 0 Å². The molecule has 4 aromatic rings. The first-order valence-corrected chi connectivity index (χ1v) is 32.7. The van der Waals surface area contributed by atoms with E-state index in [0.717, 1.165) is 66.8 Å². The van der Waals surface area contributed by atoms with Crippen LogP contribution in [0.3, 0.4) is 0 Å². The van der Waals surface area contributed by atoms with Crippen LogP contribution in [0.4, 0.5) is 0 Å². The van der Waals surface area contributed by atoms with Gasteiger partial charge in [0, 0.05) is 50.1 Å². The van der Waals surface area contributed by atoms with Crippen molar-refractivity contribution < 1.29 is 0 Å². The van der Waals surface area contributed by atoms with Gasteiger partial charge in [-0.3, -0.25) is 0 Å². The molecule has 0 atom stereocenters. The molecule has 0 aliphatic rings. The Morgan fingerprint density at radius 1 is 0.232 bits per heavy atom. The zero-order valence-electron chi connectivity index (χ0n) is 46.6. The molecule has 3 heteroatoms. The molecule has 0 nitrogen and oxygen atoms in total. The third-order valence-electron chi connectivity index (χ3n) is 15.8. The summed E-state index contributed by atoms with van der Waals surface area (Å²) >= 11 is 0. The number of hydrogen-bond donors (Lipinski definition) is 0. The van der Waals surface area contributed by atoms with Gasteiger partial charge in [-0.2, -0.15) is 0 Å². The summed E-state index contributed by atoms with van der Waals surface area (Å²) in [7, 11) is -5.50. The molecule has 0 aliphatic carbocycles. The minimum atomic E-state index is -1.83. The van der Waals surface area contributed by atoms with Crippen LogP contribution in [0.25, 0.3) is 0 Å². The second-order valence-electron chi connectivity index (χ2n) is 22.4. The maximum Gasteiger partial charge on any atom is 0.146 e. The second-order valence-corrected chi connectivity index (χ2v) is 39.2. The molecule has 4 aromatic carbocycles. The summed E-state index contributed by atoms with van der Waals surface area (Å²) in [6.45, 7) is 49.0. The van der Waals surface area contributed by atoms with E-state index in [-0.39, 0.29) is 0 Å². The standard InChI is InChI=1S/C66H84Si3/c1-46(2)67(47(3)4,48(5)6)43-40-61-28-22-58(23-29-61)34-37-64-55(19)65(38-35-59-24-30-62(31-25-59)41-44-68(49(7)8,50(9)10)51(11)12)57(21)66(56(64)20)39-36-60-26-32-63(33-27-60)42-45-69(52(13)14,53(15)16)54(17)18/h22-33,46-54H,1-21H3. The summed E-state index contributed by atoms with van der Waals surface area (Å²) in [5.74, 6) is 32.1. The van der Waals surface area contributed by atoms with E-state index < -0.39 is 24.2 Å². The maximum atomic E-state index is 3.87. The van der Waals surface area contributed by atoms with Gasteiger partial charge in [0.15, 0.2) is 0 Å². The van der Waals surface area contributed by atoms with Crippen molar-refractivity contribution in [3.63, 3.8) is 0 Å². The lowest BCUT2D eigenvalue weighted by atomic mass is 9.88. The van der Waals surface area contributed by atoms with Gasteiger partial charge in [0.2, 0.25) is 0 Å². The lowest BCUT2D eigenvalue weighted by Crippen LogP contribution is -2.43. The zero-order chi connectivity index (χ0) is 51.6. The van der Waals surface area contributed by atoms with Crippen LogP contribution in [0.15, 0.2) is 72.8 Å². The Balaban J connectivity index is 1.83. The predicted octanol–water partition coefficient (Wildman–Crippen LogP) is 17.5. The fourth-order valence-electron chi connectivity index (χ4n) is 11.9. The fraction of sp³-hybridized carbons (Fsp3) is 0.455. The van der Waals surface area contributed by atoms with Gasteiger partial charge in [-0.1, -0.05) is 178 Å². The highest BCUT2D eigenvalue weighted by Gasteiger charge is 2.43. The van der Waals surface area contributed by atoms with E-state index in [9.17, 15) is 0 Å². The summed E-state index contributed by atoms with van der Waals surface area (Å²) in [6, 6.07) is 25.4. The largest absolute Gasteiger partial charge is 0.146 e. The number of hydrogen-bond acceptors (Lipinski definition) is 0. The molecule has 0 saturated heterocycles. The summed E-state index contributed by atoms with van der Waals surface area (Å²) in [4.78, 5) is 0. The Morgan fingerprint density at radius 3 is 0.522 bits per heavy atom. The average molecular weight is 962 g/mol. The Bertz CT molecular complexity index is 2410. The minimum absolute atomic E-state index is 0.591. The molecule has 0 unspecified atom stereocenters. The van der Waals surface area contributed by atoms with Crippen molar-refractivity contribution in [1.82, 2.24) is 0 Å². The third kappa shape index (κ3) is 12.6. The molecule has 0 saturated carbocycles. The second kappa shape index (κ2) is 24.1. The van der Waals surface area contributed by atoms with Gasteiger partial charge in [0.05, 0.1) is 0 Å². The van der Waals surface area contributed by atoms with Crippen molar-refractivity contribution in [1.29, 1.82) is 0 Å². The molecule has 0 fully saturated rings. The van der Waals surface area contributed by atoms with Gasteiger partial charge in [-0.25, -0.2) is 0 Å². The Labute approximate surface area is 426 Å². The Kier molecular flexibility index (Phi) is 19.8. The average Bonchev–Trinajstić information content (AvgIpc) is 3.27. The van der Waals surface area contributed by atoms with Crippen LogP contribution in [-0.4, -0.2) is 24.2 Å². The van der Waals surface area contributed by atoms with Crippen molar-refractivity contribution in [3.8, 4) is 69.9 Å². The molecule has 4 rings (SSSR count). The normalized spacial score (nSPS) is 11.7. The van der Waals surface area contributed by atoms with Gasteiger partial charge in [-0.05, 0) is 160 Å². The first kappa shape index (κ1) is 56.5. The summed E-state index contributed by atoms with van der Waals surface area (Å²) in [5, 5.41) is 0. The van der Waals surface area contributed by atoms with E-state index in [1.54, 1.807) is 0 Å². The maximum absolute atomic E-state index is 3.87. The molecule has 0 aromatic heterocycles. The molecule has 0 N–H and O–H groups in total. The van der Waals surface area contributed by atoms with Gasteiger partial charge in [0.25, 0.3) is 0 Å². The van der Waals surface area contributed by atoms with Crippen molar-refractivity contribution in [2.45, 2.75) is 195 Å². The van der Waals surface area contributed by atoms with Crippen molar-refractivity contribution >= 4 is 24.2 Å². The summed E-state index contributed by atoms with van der Waals surface area (Å²) in [5.41, 5.74) is 29.1. The Morgan fingerprint density at radius 2 is 0.377 bits per heavy atom. The van der Waals surface area contributed by atoms with E-state index >= 15 is 0 Å².